The number of nitrogens with zero attached hydrogens (tertiary/aromatic N) is 2. The van der Waals surface area contributed by atoms with Gasteiger partial charge in [-0.05, 0) is 62.4 Å². The van der Waals surface area contributed by atoms with Crippen molar-refractivity contribution in [3.8, 4) is 0 Å². The number of carbonyl (C=O) groups is 2. The topological polar surface area (TPSA) is 86.8 Å². The summed E-state index contributed by atoms with van der Waals surface area (Å²) in [4.78, 5) is 28.5. The van der Waals surface area contributed by atoms with E-state index >= 15 is 0 Å². The first-order valence-electron chi connectivity index (χ1n) is 11.8. The maximum atomic E-state index is 13.5. The number of piperazine rings is 1. The fourth-order valence-electron chi connectivity index (χ4n) is 4.14. The molecule has 8 heteroatoms. The molecule has 0 aromatic heterocycles. The molecular weight excluding hydrogens is 450 g/mol. The molecule has 1 atom stereocenters. The third-order valence-electron chi connectivity index (χ3n) is 6.30. The van der Waals surface area contributed by atoms with Crippen LogP contribution in [0.2, 0.25) is 0 Å². The van der Waals surface area contributed by atoms with Crippen molar-refractivity contribution in [1.29, 1.82) is 0 Å². The molecule has 3 rings (SSSR count). The van der Waals surface area contributed by atoms with E-state index in [2.05, 4.69) is 19.2 Å². The van der Waals surface area contributed by atoms with Gasteiger partial charge in [0.15, 0.2) is 0 Å². The lowest BCUT2D eigenvalue weighted by Gasteiger charge is -2.46. The minimum Gasteiger partial charge on any atom is -0.354 e. The van der Waals surface area contributed by atoms with E-state index in [1.807, 2.05) is 38.1 Å². The fraction of sp³-hybridized carbons (Fsp3) is 0.462. The summed E-state index contributed by atoms with van der Waals surface area (Å²) in [6, 6.07) is 14.0. The Morgan fingerprint density at radius 1 is 1.09 bits per heavy atom. The van der Waals surface area contributed by atoms with Crippen molar-refractivity contribution in [2.45, 2.75) is 57.9 Å². The number of anilines is 1. The Morgan fingerprint density at radius 2 is 1.71 bits per heavy atom. The number of benzene rings is 2. The lowest BCUT2D eigenvalue weighted by Crippen LogP contribution is -2.70. The van der Waals surface area contributed by atoms with Crippen molar-refractivity contribution in [1.82, 2.24) is 9.62 Å². The monoisotopic (exact) mass is 485 g/mol. The molecule has 1 aliphatic heterocycles. The maximum Gasteiger partial charge on any atom is 0.247 e. The minimum absolute atomic E-state index is 0.106. The van der Waals surface area contributed by atoms with Gasteiger partial charge < -0.3 is 5.32 Å². The van der Waals surface area contributed by atoms with E-state index in [0.29, 0.717) is 18.2 Å². The third-order valence-corrected chi connectivity index (χ3v) is 8.10. The molecule has 2 aromatic rings. The normalized spacial score (nSPS) is 19.5. The Labute approximate surface area is 203 Å². The molecule has 0 spiro atoms. The number of carbonyl (C=O) groups excluding carboxylic acids is 2. The van der Waals surface area contributed by atoms with Crippen LogP contribution >= 0.6 is 0 Å². The second-order valence-corrected chi connectivity index (χ2v) is 11.5. The van der Waals surface area contributed by atoms with Crippen molar-refractivity contribution in [3.63, 3.8) is 0 Å². The number of aryl methyl sites for hydroxylation is 2. The van der Waals surface area contributed by atoms with Crippen LogP contribution in [0.3, 0.4) is 0 Å². The molecule has 1 unspecified atom stereocenters. The molecule has 34 heavy (non-hydrogen) atoms. The molecule has 1 saturated heterocycles. The van der Waals surface area contributed by atoms with Gasteiger partial charge in [0.05, 0.1) is 11.4 Å². The summed E-state index contributed by atoms with van der Waals surface area (Å²) in [5.74, 6) is -0.408. The van der Waals surface area contributed by atoms with Gasteiger partial charge in [-0.25, -0.2) is 8.42 Å². The van der Waals surface area contributed by atoms with E-state index in [1.165, 1.54) is 17.0 Å². The number of sulfonamides is 1. The zero-order valence-corrected chi connectivity index (χ0v) is 21.5. The predicted molar refractivity (Wildman–Crippen MR) is 134 cm³/mol. The van der Waals surface area contributed by atoms with Crippen molar-refractivity contribution < 1.29 is 18.0 Å². The highest BCUT2D eigenvalue weighted by molar-refractivity contribution is 7.89. The Bertz CT molecular complexity index is 1130. The molecule has 184 valence electrons. The van der Waals surface area contributed by atoms with Crippen LogP contribution in [-0.2, 0) is 26.0 Å². The van der Waals surface area contributed by atoms with E-state index in [4.69, 9.17) is 0 Å². The van der Waals surface area contributed by atoms with Gasteiger partial charge in [-0.3, -0.25) is 14.5 Å². The van der Waals surface area contributed by atoms with Crippen LogP contribution in [0.1, 0.15) is 45.2 Å². The van der Waals surface area contributed by atoms with E-state index in [-0.39, 0.29) is 23.9 Å². The van der Waals surface area contributed by atoms with Gasteiger partial charge >= 0.3 is 0 Å². The van der Waals surface area contributed by atoms with Crippen molar-refractivity contribution in [2.75, 3.05) is 24.5 Å². The maximum absolute atomic E-state index is 13.5. The summed E-state index contributed by atoms with van der Waals surface area (Å²) in [5.41, 5.74) is 1.22. The molecule has 1 heterocycles. The lowest BCUT2D eigenvalue weighted by atomic mass is 9.94. The summed E-state index contributed by atoms with van der Waals surface area (Å²) in [6.07, 6.45) is 1.64. The van der Waals surface area contributed by atoms with Gasteiger partial charge in [0.25, 0.3) is 0 Å². The molecule has 0 bridgehead atoms. The Balaban J connectivity index is 1.99. The molecule has 2 amide bonds. The molecule has 7 nitrogen and oxygen atoms in total. The number of hydrogen-bond acceptors (Lipinski definition) is 4. The molecular formula is C26H35N3O4S. The first-order chi connectivity index (χ1) is 16.0. The third kappa shape index (κ3) is 5.33. The number of hydrogen-bond donors (Lipinski definition) is 1. The summed E-state index contributed by atoms with van der Waals surface area (Å²) in [7, 11) is -3.96. The van der Waals surface area contributed by atoms with Gasteiger partial charge in [0.1, 0.15) is 5.54 Å². The second kappa shape index (κ2) is 10.3. The van der Waals surface area contributed by atoms with E-state index in [0.717, 1.165) is 28.3 Å². The average molecular weight is 486 g/mol. The van der Waals surface area contributed by atoms with Crippen molar-refractivity contribution in [3.05, 3.63) is 59.7 Å². The van der Waals surface area contributed by atoms with Crippen LogP contribution in [0.25, 0.3) is 0 Å². The molecule has 1 aliphatic rings. The molecule has 1 fully saturated rings. The first-order valence-corrected chi connectivity index (χ1v) is 13.2. The number of rotatable bonds is 8. The lowest BCUT2D eigenvalue weighted by molar-refractivity contribution is -0.132. The van der Waals surface area contributed by atoms with Crippen LogP contribution in [0.15, 0.2) is 53.4 Å². The van der Waals surface area contributed by atoms with Crippen molar-refractivity contribution in [2.24, 2.45) is 5.92 Å². The van der Waals surface area contributed by atoms with Gasteiger partial charge in [-0.2, -0.15) is 4.31 Å². The number of amides is 2. The highest BCUT2D eigenvalue weighted by Crippen LogP contribution is 2.32. The molecule has 0 radical (unpaired) electrons. The highest BCUT2D eigenvalue weighted by Gasteiger charge is 2.51. The predicted octanol–water partition coefficient (Wildman–Crippen LogP) is 3.52. The molecule has 0 saturated carbocycles. The SMILES string of the molecule is CCc1ccc(N2C(=O)CN(S(=O)(=O)c3ccc(C)cc3)CC2(C)C(=O)NCCC(C)C)cc1. The largest absolute Gasteiger partial charge is 0.354 e. The molecule has 0 aliphatic carbocycles. The van der Waals surface area contributed by atoms with Crippen LogP contribution in [0.5, 0.6) is 0 Å². The quantitative estimate of drug-likeness (QED) is 0.620. The van der Waals surface area contributed by atoms with Crippen LogP contribution in [0.4, 0.5) is 5.69 Å². The average Bonchev–Trinajstić information content (AvgIpc) is 2.79. The van der Waals surface area contributed by atoms with Crippen molar-refractivity contribution >= 4 is 27.5 Å². The Kier molecular flexibility index (Phi) is 7.83. The highest BCUT2D eigenvalue weighted by atomic mass is 32.2. The molecule has 1 N–H and O–H groups in total. The zero-order chi connectivity index (χ0) is 25.1. The Morgan fingerprint density at radius 3 is 2.26 bits per heavy atom. The standard InChI is InChI=1S/C26H35N3O4S/c1-6-21-9-11-22(12-10-21)29-24(30)17-28(34(32,33)23-13-7-20(4)8-14-23)18-26(29,5)25(31)27-16-15-19(2)3/h7-14,19H,6,15-18H2,1-5H3,(H,27,31). The van der Waals surface area contributed by atoms with Crippen LogP contribution in [0, 0.1) is 12.8 Å². The van der Waals surface area contributed by atoms with E-state index in [9.17, 15) is 18.0 Å². The van der Waals surface area contributed by atoms with E-state index in [1.54, 1.807) is 19.1 Å². The van der Waals surface area contributed by atoms with Gasteiger partial charge in [-0.1, -0.05) is 50.6 Å². The zero-order valence-electron chi connectivity index (χ0n) is 20.7. The summed E-state index contributed by atoms with van der Waals surface area (Å²) < 4.78 is 27.9. The minimum atomic E-state index is -3.96. The smallest absolute Gasteiger partial charge is 0.247 e. The van der Waals surface area contributed by atoms with E-state index < -0.39 is 21.5 Å². The molecule has 2 aromatic carbocycles. The first kappa shape index (κ1) is 25.9. The van der Waals surface area contributed by atoms with Crippen LogP contribution < -0.4 is 10.2 Å². The summed E-state index contributed by atoms with van der Waals surface area (Å²) in [6.45, 7) is 9.67. The van der Waals surface area contributed by atoms with Gasteiger partial charge in [0, 0.05) is 18.8 Å². The van der Waals surface area contributed by atoms with Gasteiger partial charge in [0.2, 0.25) is 21.8 Å². The second-order valence-electron chi connectivity index (χ2n) is 9.55. The Hall–Kier alpha value is -2.71. The summed E-state index contributed by atoms with van der Waals surface area (Å²) >= 11 is 0. The summed E-state index contributed by atoms with van der Waals surface area (Å²) in [5, 5.41) is 2.93. The van der Waals surface area contributed by atoms with Crippen LogP contribution in [-0.4, -0.2) is 49.7 Å². The van der Waals surface area contributed by atoms with Gasteiger partial charge in [-0.15, -0.1) is 0 Å². The number of nitrogens with one attached hydrogen (secondary N) is 1. The fourth-order valence-corrected chi connectivity index (χ4v) is 5.62.